The van der Waals surface area contributed by atoms with Crippen molar-refractivity contribution in [1.82, 2.24) is 10.3 Å². The van der Waals surface area contributed by atoms with Crippen molar-refractivity contribution in [1.29, 1.82) is 0 Å². The van der Waals surface area contributed by atoms with Crippen LogP contribution in [-0.4, -0.2) is 35.8 Å². The van der Waals surface area contributed by atoms with Crippen molar-refractivity contribution in [2.75, 3.05) is 18.4 Å². The number of thiazole rings is 1. The van der Waals surface area contributed by atoms with E-state index < -0.39 is 30.3 Å². The summed E-state index contributed by atoms with van der Waals surface area (Å²) in [5, 5.41) is 6.71. The van der Waals surface area contributed by atoms with Gasteiger partial charge in [0.25, 0.3) is 5.92 Å². The van der Waals surface area contributed by atoms with E-state index in [1.807, 2.05) is 0 Å². The Balaban J connectivity index is 0. The Morgan fingerprint density at radius 3 is 2.38 bits per heavy atom. The highest BCUT2D eigenvalue weighted by molar-refractivity contribution is 7.13. The number of aromatic nitrogens is 1. The van der Waals surface area contributed by atoms with Gasteiger partial charge in [-0.25, -0.2) is 13.8 Å². The lowest BCUT2D eigenvalue weighted by atomic mass is 9.96. The first kappa shape index (κ1) is 25.2. The lowest BCUT2D eigenvalue weighted by molar-refractivity contribution is -0.123. The predicted octanol–water partition coefficient (Wildman–Crippen LogP) is 2.22. The third kappa shape index (κ3) is 8.72. The zero-order chi connectivity index (χ0) is 17.0. The molecular formula is C13H22Cl2F2N4O2S. The fourth-order valence-electron chi connectivity index (χ4n) is 1.26. The van der Waals surface area contributed by atoms with E-state index in [0.29, 0.717) is 10.8 Å². The minimum atomic E-state index is -3.12. The van der Waals surface area contributed by atoms with Crippen molar-refractivity contribution in [2.24, 2.45) is 11.1 Å². The van der Waals surface area contributed by atoms with Crippen LogP contribution >= 0.6 is 36.2 Å². The summed E-state index contributed by atoms with van der Waals surface area (Å²) in [6.45, 7) is 3.67. The number of rotatable bonds is 6. The van der Waals surface area contributed by atoms with Crippen LogP contribution < -0.4 is 16.4 Å². The van der Waals surface area contributed by atoms with Crippen molar-refractivity contribution < 1.29 is 18.4 Å². The summed E-state index contributed by atoms with van der Waals surface area (Å²) < 4.78 is 25.8. The average molecular weight is 407 g/mol. The summed E-state index contributed by atoms with van der Waals surface area (Å²) >= 11 is 1.17. The number of hydrogen-bond acceptors (Lipinski definition) is 5. The second kappa shape index (κ2) is 10.1. The van der Waals surface area contributed by atoms with Crippen LogP contribution in [0.1, 0.15) is 26.5 Å². The van der Waals surface area contributed by atoms with Crippen LogP contribution in [0, 0.1) is 5.41 Å². The molecule has 0 aromatic carbocycles. The molecule has 4 N–H and O–H groups in total. The highest BCUT2D eigenvalue weighted by atomic mass is 35.5. The Hall–Kier alpha value is -1.03. The van der Waals surface area contributed by atoms with Gasteiger partial charge < -0.3 is 16.4 Å². The standard InChI is InChI=1S/C13H20F2N4O2S.2ClH/c1-12(2,3)10(21)19-11-18-8(5-22-11)4-9(20)17-7-13(14,15)6-16;;/h5H,4,6-7,16H2,1-3H3,(H,17,20)(H,18,19,21);2*1H. The maximum Gasteiger partial charge on any atom is 0.277 e. The van der Waals surface area contributed by atoms with Gasteiger partial charge in [0.05, 0.1) is 25.2 Å². The van der Waals surface area contributed by atoms with E-state index in [9.17, 15) is 18.4 Å². The van der Waals surface area contributed by atoms with Gasteiger partial charge in [-0.1, -0.05) is 20.8 Å². The molecule has 0 aliphatic rings. The molecule has 0 saturated heterocycles. The van der Waals surface area contributed by atoms with Crippen molar-refractivity contribution >= 4 is 53.1 Å². The van der Waals surface area contributed by atoms with Gasteiger partial charge in [0.15, 0.2) is 5.13 Å². The van der Waals surface area contributed by atoms with Crippen LogP contribution in [0.25, 0.3) is 0 Å². The fourth-order valence-corrected chi connectivity index (χ4v) is 1.96. The number of carbonyl (C=O) groups excluding carboxylic acids is 2. The van der Waals surface area contributed by atoms with Crippen LogP contribution in [0.5, 0.6) is 0 Å². The Morgan fingerprint density at radius 1 is 1.29 bits per heavy atom. The van der Waals surface area contributed by atoms with Crippen molar-refractivity contribution in [2.45, 2.75) is 33.1 Å². The number of halogens is 4. The number of nitrogens with two attached hydrogens (primary N) is 1. The van der Waals surface area contributed by atoms with Crippen LogP contribution in [0.4, 0.5) is 13.9 Å². The minimum absolute atomic E-state index is 0. The largest absolute Gasteiger partial charge is 0.350 e. The Morgan fingerprint density at radius 2 is 1.88 bits per heavy atom. The van der Waals surface area contributed by atoms with E-state index in [1.54, 1.807) is 26.2 Å². The molecule has 11 heteroatoms. The van der Waals surface area contributed by atoms with Crippen molar-refractivity contribution in [3.63, 3.8) is 0 Å². The van der Waals surface area contributed by atoms with E-state index in [2.05, 4.69) is 15.6 Å². The monoisotopic (exact) mass is 406 g/mol. The molecule has 1 aromatic rings. The van der Waals surface area contributed by atoms with Crippen molar-refractivity contribution in [3.8, 4) is 0 Å². The van der Waals surface area contributed by atoms with Gasteiger partial charge in [-0.3, -0.25) is 9.59 Å². The van der Waals surface area contributed by atoms with Gasteiger partial charge in [0, 0.05) is 10.8 Å². The normalized spacial score (nSPS) is 11.1. The summed E-state index contributed by atoms with van der Waals surface area (Å²) in [6, 6.07) is 0. The third-order valence-corrected chi connectivity index (χ3v) is 3.44. The number of anilines is 1. The SMILES string of the molecule is CC(C)(C)C(=O)Nc1nc(CC(=O)NCC(F)(F)CN)cs1.Cl.Cl. The van der Waals surface area contributed by atoms with Crippen molar-refractivity contribution in [3.05, 3.63) is 11.1 Å². The smallest absolute Gasteiger partial charge is 0.277 e. The molecule has 1 rings (SSSR count). The molecule has 1 aromatic heterocycles. The van der Waals surface area contributed by atoms with Gasteiger partial charge in [-0.15, -0.1) is 36.2 Å². The zero-order valence-electron chi connectivity index (χ0n) is 13.5. The molecule has 0 fully saturated rings. The van der Waals surface area contributed by atoms with E-state index in [-0.39, 0.29) is 37.1 Å². The van der Waals surface area contributed by atoms with E-state index >= 15 is 0 Å². The molecule has 0 aliphatic heterocycles. The van der Waals surface area contributed by atoms with E-state index in [4.69, 9.17) is 5.73 Å². The van der Waals surface area contributed by atoms with Gasteiger partial charge >= 0.3 is 0 Å². The minimum Gasteiger partial charge on any atom is -0.350 e. The summed E-state index contributed by atoms with van der Waals surface area (Å²) in [4.78, 5) is 27.4. The molecule has 0 atom stereocenters. The predicted molar refractivity (Wildman–Crippen MR) is 95.4 cm³/mol. The molecule has 0 aliphatic carbocycles. The first-order chi connectivity index (χ1) is 10.0. The van der Waals surface area contributed by atoms with Gasteiger partial charge in [-0.05, 0) is 0 Å². The second-order valence-electron chi connectivity index (χ2n) is 5.86. The lowest BCUT2D eigenvalue weighted by Crippen LogP contribution is -2.42. The molecular weight excluding hydrogens is 385 g/mol. The Bertz CT molecular complexity index is 550. The summed E-state index contributed by atoms with van der Waals surface area (Å²) in [7, 11) is 0. The molecule has 0 saturated carbocycles. The molecule has 0 radical (unpaired) electrons. The second-order valence-corrected chi connectivity index (χ2v) is 6.72. The highest BCUT2D eigenvalue weighted by Crippen LogP contribution is 2.20. The molecule has 1 heterocycles. The van der Waals surface area contributed by atoms with Gasteiger partial charge in [0.2, 0.25) is 11.8 Å². The Kier molecular flexibility index (Phi) is 10.6. The Labute approximate surface area is 155 Å². The first-order valence-corrected chi connectivity index (χ1v) is 7.52. The van der Waals surface area contributed by atoms with Gasteiger partial charge in [0.1, 0.15) is 0 Å². The average Bonchev–Trinajstić information content (AvgIpc) is 2.83. The number of amides is 2. The number of nitrogens with zero attached hydrogens (tertiary/aromatic N) is 1. The first-order valence-electron chi connectivity index (χ1n) is 6.64. The topological polar surface area (TPSA) is 97.1 Å². The quantitative estimate of drug-likeness (QED) is 0.674. The van der Waals surface area contributed by atoms with Crippen LogP contribution in [0.2, 0.25) is 0 Å². The molecule has 2 amide bonds. The van der Waals surface area contributed by atoms with E-state index in [0.717, 1.165) is 0 Å². The van der Waals surface area contributed by atoms with Crippen LogP contribution in [0.15, 0.2) is 5.38 Å². The molecule has 6 nitrogen and oxygen atoms in total. The molecule has 140 valence electrons. The third-order valence-electron chi connectivity index (χ3n) is 2.64. The number of alkyl halides is 2. The maximum absolute atomic E-state index is 12.9. The number of carbonyl (C=O) groups is 2. The molecule has 0 spiro atoms. The molecule has 0 bridgehead atoms. The summed E-state index contributed by atoms with van der Waals surface area (Å²) in [5.74, 6) is -3.89. The molecule has 24 heavy (non-hydrogen) atoms. The zero-order valence-corrected chi connectivity index (χ0v) is 16.0. The van der Waals surface area contributed by atoms with Crippen LogP contribution in [-0.2, 0) is 16.0 Å². The van der Waals surface area contributed by atoms with Crippen LogP contribution in [0.3, 0.4) is 0 Å². The maximum atomic E-state index is 12.9. The molecule has 0 unspecified atom stereocenters. The summed E-state index contributed by atoms with van der Waals surface area (Å²) in [6.07, 6.45) is -0.136. The number of hydrogen-bond donors (Lipinski definition) is 3. The fraction of sp³-hybridized carbons (Fsp3) is 0.615. The van der Waals surface area contributed by atoms with E-state index in [1.165, 1.54) is 11.3 Å². The lowest BCUT2D eigenvalue weighted by Gasteiger charge is -2.15. The van der Waals surface area contributed by atoms with Gasteiger partial charge in [-0.2, -0.15) is 0 Å². The number of nitrogens with one attached hydrogen (secondary N) is 2. The highest BCUT2D eigenvalue weighted by Gasteiger charge is 2.27. The summed E-state index contributed by atoms with van der Waals surface area (Å²) in [5.41, 5.74) is 4.72.